The Bertz CT molecular complexity index is 705. The van der Waals surface area contributed by atoms with Gasteiger partial charge in [-0.3, -0.25) is 10.1 Å². The Morgan fingerprint density at radius 1 is 1.27 bits per heavy atom. The number of nitro groups is 1. The molecule has 0 fully saturated rings. The number of halogens is 3. The van der Waals surface area contributed by atoms with Crippen LogP contribution in [0.15, 0.2) is 28.8 Å². The van der Waals surface area contributed by atoms with Crippen molar-refractivity contribution in [2.75, 3.05) is 0 Å². The van der Waals surface area contributed by atoms with Gasteiger partial charge in [-0.2, -0.15) is 0 Å². The molecule has 2 aromatic rings. The molecule has 0 spiro atoms. The van der Waals surface area contributed by atoms with Crippen molar-refractivity contribution in [1.82, 2.24) is 5.16 Å². The van der Waals surface area contributed by atoms with Gasteiger partial charge >= 0.3 is 12.0 Å². The van der Waals surface area contributed by atoms with Gasteiger partial charge in [0.25, 0.3) is 0 Å². The molecule has 116 valence electrons. The lowest BCUT2D eigenvalue weighted by Crippen LogP contribution is -2.16. The number of rotatable bonds is 4. The van der Waals surface area contributed by atoms with Gasteiger partial charge in [-0.05, 0) is 23.8 Å². The Kier molecular flexibility index (Phi) is 4.15. The van der Waals surface area contributed by atoms with Crippen molar-refractivity contribution < 1.29 is 27.4 Å². The number of hydrogen-bond acceptors (Lipinski definition) is 5. The predicted octanol–water partition coefficient (Wildman–Crippen LogP) is 3.96. The van der Waals surface area contributed by atoms with E-state index in [4.69, 9.17) is 4.52 Å². The van der Waals surface area contributed by atoms with Crippen LogP contribution in [0.25, 0.3) is 12.2 Å². The standard InChI is InChI=1S/C13H9F3N2O4/c1-8-12(18(19)20)11(17-22-8)7-4-9-2-5-10(6-3-9)21-13(14,15)16/h2-7H,1H3. The first-order valence-electron chi connectivity index (χ1n) is 5.91. The third kappa shape index (κ3) is 3.84. The average Bonchev–Trinajstić information content (AvgIpc) is 2.77. The molecule has 0 radical (unpaired) electrons. The molecule has 2 rings (SSSR count). The van der Waals surface area contributed by atoms with E-state index >= 15 is 0 Å². The smallest absolute Gasteiger partial charge is 0.406 e. The third-order valence-electron chi connectivity index (χ3n) is 2.59. The molecule has 0 amide bonds. The van der Waals surface area contributed by atoms with E-state index in [0.717, 1.165) is 12.1 Å². The lowest BCUT2D eigenvalue weighted by Gasteiger charge is -2.08. The summed E-state index contributed by atoms with van der Waals surface area (Å²) in [5.41, 5.74) is 0.288. The van der Waals surface area contributed by atoms with E-state index in [1.165, 1.54) is 31.2 Å². The summed E-state index contributed by atoms with van der Waals surface area (Å²) in [6.07, 6.45) is -1.95. The van der Waals surface area contributed by atoms with Gasteiger partial charge in [0.05, 0.1) is 4.92 Å². The molecule has 0 aliphatic heterocycles. The second-order valence-electron chi connectivity index (χ2n) is 4.18. The fraction of sp³-hybridized carbons (Fsp3) is 0.154. The van der Waals surface area contributed by atoms with Crippen LogP contribution in [0.2, 0.25) is 0 Å². The molecule has 0 saturated carbocycles. The predicted molar refractivity (Wildman–Crippen MR) is 69.9 cm³/mol. The van der Waals surface area contributed by atoms with Crippen LogP contribution in [0.3, 0.4) is 0 Å². The summed E-state index contributed by atoms with van der Waals surface area (Å²) in [4.78, 5) is 10.2. The van der Waals surface area contributed by atoms with Crippen molar-refractivity contribution >= 4 is 17.8 Å². The fourth-order valence-corrected chi connectivity index (χ4v) is 1.67. The maximum atomic E-state index is 12.0. The molecule has 1 heterocycles. The Labute approximate surface area is 121 Å². The summed E-state index contributed by atoms with van der Waals surface area (Å²) < 4.78 is 44.5. The van der Waals surface area contributed by atoms with Gasteiger partial charge in [0.2, 0.25) is 5.76 Å². The Morgan fingerprint density at radius 3 is 2.45 bits per heavy atom. The zero-order valence-electron chi connectivity index (χ0n) is 11.1. The first-order chi connectivity index (χ1) is 10.3. The summed E-state index contributed by atoms with van der Waals surface area (Å²) in [6, 6.07) is 5.01. The van der Waals surface area contributed by atoms with Gasteiger partial charge in [-0.25, -0.2) is 0 Å². The minimum Gasteiger partial charge on any atom is -0.406 e. The molecular weight excluding hydrogens is 305 g/mol. The number of hydrogen-bond donors (Lipinski definition) is 0. The van der Waals surface area contributed by atoms with E-state index in [0.29, 0.717) is 5.56 Å². The topological polar surface area (TPSA) is 78.4 Å². The van der Waals surface area contributed by atoms with Gasteiger partial charge in [-0.15, -0.1) is 13.2 Å². The van der Waals surface area contributed by atoms with Gasteiger partial charge in [0.15, 0.2) is 5.69 Å². The van der Waals surface area contributed by atoms with Crippen LogP contribution in [-0.4, -0.2) is 16.4 Å². The average molecular weight is 314 g/mol. The number of benzene rings is 1. The van der Waals surface area contributed by atoms with Crippen LogP contribution in [0.1, 0.15) is 17.0 Å². The zero-order chi connectivity index (χ0) is 16.3. The molecule has 0 N–H and O–H groups in total. The number of aryl methyl sites for hydroxylation is 1. The Morgan fingerprint density at radius 2 is 1.91 bits per heavy atom. The van der Waals surface area contributed by atoms with Gasteiger partial charge in [0.1, 0.15) is 5.75 Å². The monoisotopic (exact) mass is 314 g/mol. The fourth-order valence-electron chi connectivity index (χ4n) is 1.67. The highest BCUT2D eigenvalue weighted by Crippen LogP contribution is 2.25. The molecule has 9 heteroatoms. The highest BCUT2D eigenvalue weighted by Gasteiger charge is 2.30. The maximum Gasteiger partial charge on any atom is 0.573 e. The van der Waals surface area contributed by atoms with Gasteiger partial charge in [0, 0.05) is 6.92 Å². The lowest BCUT2D eigenvalue weighted by atomic mass is 10.2. The molecule has 0 aliphatic carbocycles. The van der Waals surface area contributed by atoms with Crippen LogP contribution in [0.5, 0.6) is 5.75 Å². The first-order valence-corrected chi connectivity index (χ1v) is 5.91. The minimum atomic E-state index is -4.75. The van der Waals surface area contributed by atoms with Crippen LogP contribution >= 0.6 is 0 Å². The van der Waals surface area contributed by atoms with E-state index < -0.39 is 11.3 Å². The van der Waals surface area contributed by atoms with Crippen molar-refractivity contribution in [3.63, 3.8) is 0 Å². The van der Waals surface area contributed by atoms with E-state index in [2.05, 4.69) is 9.89 Å². The summed E-state index contributed by atoms with van der Waals surface area (Å²) in [5.74, 6) is -0.286. The molecule has 1 aromatic heterocycles. The second kappa shape index (κ2) is 5.88. The number of alkyl halides is 3. The molecule has 0 saturated heterocycles. The lowest BCUT2D eigenvalue weighted by molar-refractivity contribution is -0.386. The zero-order valence-corrected chi connectivity index (χ0v) is 11.1. The second-order valence-corrected chi connectivity index (χ2v) is 4.18. The maximum absolute atomic E-state index is 12.0. The van der Waals surface area contributed by atoms with Crippen LogP contribution < -0.4 is 4.74 Å². The molecule has 0 aliphatic rings. The molecule has 0 atom stereocenters. The third-order valence-corrected chi connectivity index (χ3v) is 2.59. The number of ether oxygens (including phenoxy) is 1. The van der Waals surface area contributed by atoms with Crippen LogP contribution in [0, 0.1) is 17.0 Å². The molecule has 6 nitrogen and oxygen atoms in total. The van der Waals surface area contributed by atoms with E-state index in [1.54, 1.807) is 0 Å². The van der Waals surface area contributed by atoms with Crippen molar-refractivity contribution in [3.05, 3.63) is 51.4 Å². The summed E-state index contributed by atoms with van der Waals surface area (Å²) in [7, 11) is 0. The van der Waals surface area contributed by atoms with E-state index in [1.807, 2.05) is 0 Å². The van der Waals surface area contributed by atoms with Crippen molar-refractivity contribution in [3.8, 4) is 5.75 Å². The highest BCUT2D eigenvalue weighted by molar-refractivity contribution is 5.72. The first kappa shape index (κ1) is 15.5. The van der Waals surface area contributed by atoms with Crippen molar-refractivity contribution in [2.45, 2.75) is 13.3 Å². The Balaban J connectivity index is 2.16. The number of aromatic nitrogens is 1. The van der Waals surface area contributed by atoms with Crippen molar-refractivity contribution in [2.24, 2.45) is 0 Å². The molecule has 0 bridgehead atoms. The van der Waals surface area contributed by atoms with E-state index in [9.17, 15) is 23.3 Å². The van der Waals surface area contributed by atoms with Crippen LogP contribution in [-0.2, 0) is 0 Å². The molecule has 0 unspecified atom stereocenters. The van der Waals surface area contributed by atoms with E-state index in [-0.39, 0.29) is 22.9 Å². The molecule has 1 aromatic carbocycles. The van der Waals surface area contributed by atoms with Crippen molar-refractivity contribution in [1.29, 1.82) is 0 Å². The van der Waals surface area contributed by atoms with Crippen LogP contribution in [0.4, 0.5) is 18.9 Å². The number of nitrogens with zero attached hydrogens (tertiary/aromatic N) is 2. The summed E-state index contributed by atoms with van der Waals surface area (Å²) >= 11 is 0. The summed E-state index contributed by atoms with van der Waals surface area (Å²) in [5, 5.41) is 14.4. The SMILES string of the molecule is Cc1onc(C=Cc2ccc(OC(F)(F)F)cc2)c1[N+](=O)[O-]. The highest BCUT2D eigenvalue weighted by atomic mass is 19.4. The van der Waals surface area contributed by atoms with Gasteiger partial charge in [-0.1, -0.05) is 23.4 Å². The minimum absolute atomic E-state index is 0.0260. The normalized spacial score (nSPS) is 11.8. The largest absolute Gasteiger partial charge is 0.573 e. The Hall–Kier alpha value is -2.84. The van der Waals surface area contributed by atoms with Gasteiger partial charge < -0.3 is 9.26 Å². The summed E-state index contributed by atoms with van der Waals surface area (Å²) in [6.45, 7) is 1.41. The molecule has 22 heavy (non-hydrogen) atoms. The quantitative estimate of drug-likeness (QED) is 0.630. The molecular formula is C13H9F3N2O4.